The number of hydrogen-bond donors (Lipinski definition) is 2. The van der Waals surface area contributed by atoms with E-state index < -0.39 is 40.7 Å². The molecule has 25 heavy (non-hydrogen) atoms. The van der Waals surface area contributed by atoms with Gasteiger partial charge >= 0.3 is 11.6 Å². The first-order valence-electron chi connectivity index (χ1n) is 8.88. The molecule has 2 aliphatic carbocycles. The quantitative estimate of drug-likeness (QED) is 0.751. The number of hydrogen-bond acceptors (Lipinski definition) is 6. The molecule has 1 saturated carbocycles. The fourth-order valence-electron chi connectivity index (χ4n) is 5.49. The van der Waals surface area contributed by atoms with Crippen LogP contribution in [0.25, 0.3) is 0 Å². The van der Waals surface area contributed by atoms with Crippen molar-refractivity contribution in [3.05, 3.63) is 33.4 Å². The Morgan fingerprint density at radius 1 is 1.24 bits per heavy atom. The molecule has 1 aliphatic heterocycles. The highest BCUT2D eigenvalue weighted by atomic mass is 16.6. The van der Waals surface area contributed by atoms with Crippen LogP contribution in [0.2, 0.25) is 0 Å². The van der Waals surface area contributed by atoms with Gasteiger partial charge < -0.3 is 19.4 Å². The van der Waals surface area contributed by atoms with Gasteiger partial charge in [-0.3, -0.25) is 4.79 Å². The van der Waals surface area contributed by atoms with Crippen LogP contribution in [-0.4, -0.2) is 28.4 Å². The molecule has 0 unspecified atom stereocenters. The highest BCUT2D eigenvalue weighted by molar-refractivity contribution is 5.81. The predicted molar refractivity (Wildman–Crippen MR) is 88.1 cm³/mol. The van der Waals surface area contributed by atoms with Gasteiger partial charge in [-0.05, 0) is 25.3 Å². The summed E-state index contributed by atoms with van der Waals surface area (Å²) in [6, 6.07) is 1.45. The molecule has 0 radical (unpaired) electrons. The van der Waals surface area contributed by atoms with E-state index in [1.165, 1.54) is 6.07 Å². The Hall–Kier alpha value is -1.66. The fraction of sp³-hybridized carbons (Fsp3) is 0.684. The maximum Gasteiger partial charge on any atom is 0.336 e. The van der Waals surface area contributed by atoms with Gasteiger partial charge in [0.2, 0.25) is 0 Å². The molecule has 6 atom stereocenters. The van der Waals surface area contributed by atoms with E-state index in [9.17, 15) is 19.8 Å². The molecule has 2 heterocycles. The summed E-state index contributed by atoms with van der Waals surface area (Å²) < 4.78 is 11.0. The Labute approximate surface area is 145 Å². The Morgan fingerprint density at radius 2 is 1.92 bits per heavy atom. The molecule has 2 fully saturated rings. The van der Waals surface area contributed by atoms with Crippen molar-refractivity contribution < 1.29 is 24.2 Å². The lowest BCUT2D eigenvalue weighted by Gasteiger charge is -2.53. The number of carbonyl (C=O) groups excluding carboxylic acids is 1. The molecule has 1 aromatic rings. The van der Waals surface area contributed by atoms with Crippen molar-refractivity contribution in [2.45, 2.75) is 70.2 Å². The van der Waals surface area contributed by atoms with Gasteiger partial charge in [-0.25, -0.2) is 4.79 Å². The summed E-state index contributed by atoms with van der Waals surface area (Å²) in [5.41, 5.74) is -0.764. The molecular weight excluding hydrogens is 324 g/mol. The van der Waals surface area contributed by atoms with E-state index in [1.54, 1.807) is 6.92 Å². The number of aliphatic hydroxyl groups excluding tert-OH is 2. The third-order valence-electron chi connectivity index (χ3n) is 6.75. The molecule has 6 heteroatoms. The number of fused-ring (bicyclic) bond motifs is 2. The topological polar surface area (TPSA) is 97.0 Å². The molecule has 136 valence electrons. The van der Waals surface area contributed by atoms with E-state index in [-0.39, 0.29) is 11.8 Å². The summed E-state index contributed by atoms with van der Waals surface area (Å²) in [6.45, 7) is 7.52. The van der Waals surface area contributed by atoms with E-state index in [0.29, 0.717) is 24.2 Å². The van der Waals surface area contributed by atoms with Gasteiger partial charge in [0.05, 0.1) is 11.5 Å². The highest BCUT2D eigenvalue weighted by Crippen LogP contribution is 2.63. The zero-order chi connectivity index (χ0) is 18.3. The summed E-state index contributed by atoms with van der Waals surface area (Å²) >= 11 is 0. The second-order valence-electron chi connectivity index (χ2n) is 8.46. The fourth-order valence-corrected chi connectivity index (χ4v) is 5.49. The predicted octanol–water partition coefficient (Wildman–Crippen LogP) is 1.77. The third-order valence-corrected chi connectivity index (χ3v) is 6.75. The molecule has 1 aromatic heterocycles. The van der Waals surface area contributed by atoms with Crippen molar-refractivity contribution in [2.75, 3.05) is 0 Å². The summed E-state index contributed by atoms with van der Waals surface area (Å²) in [5.74, 6) is -0.501. The van der Waals surface area contributed by atoms with E-state index >= 15 is 0 Å². The van der Waals surface area contributed by atoms with Crippen molar-refractivity contribution in [2.24, 2.45) is 11.3 Å². The van der Waals surface area contributed by atoms with Crippen LogP contribution in [0, 0.1) is 11.3 Å². The van der Waals surface area contributed by atoms with Crippen molar-refractivity contribution in [3.8, 4) is 0 Å². The van der Waals surface area contributed by atoms with Crippen molar-refractivity contribution in [1.29, 1.82) is 0 Å². The second-order valence-corrected chi connectivity index (χ2v) is 8.46. The molecule has 4 rings (SSSR count). The SMILES string of the molecule is CC(C)c1oc(=O)cc2c1[C@@H](O)[C@H]1OC(=O)[C@@]3(C)[C@@H](O)CC[C@@]2(C)[C@@H]13. The number of ether oxygens (including phenoxy) is 1. The molecule has 0 bridgehead atoms. The zero-order valence-corrected chi connectivity index (χ0v) is 14.9. The van der Waals surface area contributed by atoms with Crippen LogP contribution >= 0.6 is 0 Å². The minimum absolute atomic E-state index is 0.0879. The highest BCUT2D eigenvalue weighted by Gasteiger charge is 2.70. The first-order valence-corrected chi connectivity index (χ1v) is 8.88. The minimum atomic E-state index is -1.08. The molecule has 0 spiro atoms. The molecule has 6 nitrogen and oxygen atoms in total. The first kappa shape index (κ1) is 16.8. The Kier molecular flexibility index (Phi) is 3.32. The lowest BCUT2D eigenvalue weighted by atomic mass is 9.48. The second kappa shape index (κ2) is 4.95. The molecule has 0 amide bonds. The van der Waals surface area contributed by atoms with Crippen molar-refractivity contribution in [1.82, 2.24) is 0 Å². The van der Waals surface area contributed by atoms with Crippen molar-refractivity contribution >= 4 is 5.97 Å². The van der Waals surface area contributed by atoms with Gasteiger partial charge in [-0.15, -0.1) is 0 Å². The Bertz CT molecular complexity index is 811. The first-order chi connectivity index (χ1) is 11.6. The maximum atomic E-state index is 12.6. The average Bonchev–Trinajstić information content (AvgIpc) is 2.83. The van der Waals surface area contributed by atoms with Gasteiger partial charge in [0.25, 0.3) is 0 Å². The standard InChI is InChI=1S/C19H24O6/c1-8(2)14-12-9(7-11(21)24-14)18(3)6-5-10(20)19(4)16(18)15(13(12)22)25-17(19)23/h7-8,10,13,15-16,20,22H,5-6H2,1-4H3/t10-,13+,15+,16+,18+,19-/m0/s1. The minimum Gasteiger partial charge on any atom is -0.458 e. The summed E-state index contributed by atoms with van der Waals surface area (Å²) in [6.07, 6.45) is -1.57. The van der Waals surface area contributed by atoms with Crippen LogP contribution in [-0.2, 0) is 14.9 Å². The van der Waals surface area contributed by atoms with Gasteiger partial charge in [0.1, 0.15) is 18.0 Å². The molecule has 1 saturated heterocycles. The average molecular weight is 348 g/mol. The van der Waals surface area contributed by atoms with Gasteiger partial charge in [0, 0.05) is 28.9 Å². The molecule has 3 aliphatic rings. The molecule has 2 N–H and O–H groups in total. The van der Waals surface area contributed by atoms with E-state index in [2.05, 4.69) is 0 Å². The monoisotopic (exact) mass is 348 g/mol. The number of esters is 1. The largest absolute Gasteiger partial charge is 0.458 e. The molecule has 0 aromatic carbocycles. The van der Waals surface area contributed by atoms with Crippen LogP contribution < -0.4 is 5.63 Å². The van der Waals surface area contributed by atoms with Crippen LogP contribution in [0.1, 0.15) is 69.4 Å². The smallest absolute Gasteiger partial charge is 0.336 e. The number of carbonyl (C=O) groups is 1. The summed E-state index contributed by atoms with van der Waals surface area (Å²) in [7, 11) is 0. The summed E-state index contributed by atoms with van der Waals surface area (Å²) in [5, 5.41) is 21.6. The zero-order valence-electron chi connectivity index (χ0n) is 14.9. The number of aliphatic hydroxyl groups is 2. The number of rotatable bonds is 1. The van der Waals surface area contributed by atoms with Gasteiger partial charge in [-0.2, -0.15) is 0 Å². The normalized spacial score (nSPS) is 42.1. The van der Waals surface area contributed by atoms with E-state index in [4.69, 9.17) is 9.15 Å². The van der Waals surface area contributed by atoms with Crippen LogP contribution in [0.15, 0.2) is 15.3 Å². The Morgan fingerprint density at radius 3 is 2.56 bits per heavy atom. The van der Waals surface area contributed by atoms with Crippen LogP contribution in [0.3, 0.4) is 0 Å². The Balaban J connectivity index is 2.04. The van der Waals surface area contributed by atoms with Crippen LogP contribution in [0.4, 0.5) is 0 Å². The van der Waals surface area contributed by atoms with Crippen molar-refractivity contribution in [3.63, 3.8) is 0 Å². The maximum absolute atomic E-state index is 12.6. The third kappa shape index (κ3) is 1.87. The lowest BCUT2D eigenvalue weighted by Crippen LogP contribution is -2.58. The lowest BCUT2D eigenvalue weighted by molar-refractivity contribution is -0.156. The van der Waals surface area contributed by atoms with Crippen LogP contribution in [0.5, 0.6) is 0 Å². The summed E-state index contributed by atoms with van der Waals surface area (Å²) in [4.78, 5) is 24.8. The molecular formula is C19H24O6. The van der Waals surface area contributed by atoms with E-state index in [1.807, 2.05) is 20.8 Å². The van der Waals surface area contributed by atoms with Gasteiger partial charge in [0.15, 0.2) is 0 Å². The van der Waals surface area contributed by atoms with E-state index in [0.717, 1.165) is 5.56 Å². The van der Waals surface area contributed by atoms with Gasteiger partial charge in [-0.1, -0.05) is 20.8 Å².